The van der Waals surface area contributed by atoms with Gasteiger partial charge in [-0.3, -0.25) is 4.79 Å². The highest BCUT2D eigenvalue weighted by molar-refractivity contribution is 6.30. The second-order valence-corrected chi connectivity index (χ2v) is 6.25. The van der Waals surface area contributed by atoms with E-state index in [0.717, 1.165) is 28.9 Å². The molecule has 5 heteroatoms. The molecule has 128 valence electrons. The van der Waals surface area contributed by atoms with Crippen molar-refractivity contribution in [2.24, 2.45) is 0 Å². The predicted molar refractivity (Wildman–Crippen MR) is 101 cm³/mol. The van der Waals surface area contributed by atoms with E-state index in [0.29, 0.717) is 18.0 Å². The van der Waals surface area contributed by atoms with Gasteiger partial charge in [-0.25, -0.2) is 4.68 Å². The highest BCUT2D eigenvalue weighted by Gasteiger charge is 2.15. The zero-order chi connectivity index (χ0) is 17.6. The summed E-state index contributed by atoms with van der Waals surface area (Å²) in [5.74, 6) is 0.00433. The Morgan fingerprint density at radius 3 is 2.52 bits per heavy atom. The maximum absolute atomic E-state index is 12.2. The molecule has 3 rings (SSSR count). The second-order valence-electron chi connectivity index (χ2n) is 5.82. The Labute approximate surface area is 152 Å². The van der Waals surface area contributed by atoms with E-state index in [1.807, 2.05) is 72.4 Å². The number of hydrogen-bond donors (Lipinski definition) is 1. The molecule has 3 aromatic rings. The quantitative estimate of drug-likeness (QED) is 0.719. The summed E-state index contributed by atoms with van der Waals surface area (Å²) in [7, 11) is 0. The number of benzene rings is 2. The van der Waals surface area contributed by atoms with Crippen LogP contribution >= 0.6 is 11.6 Å². The third kappa shape index (κ3) is 4.28. The van der Waals surface area contributed by atoms with Crippen LogP contribution in [0.3, 0.4) is 0 Å². The van der Waals surface area contributed by atoms with Gasteiger partial charge in [0.2, 0.25) is 5.91 Å². The lowest BCUT2D eigenvalue weighted by molar-refractivity contribution is -0.120. The Hall–Kier alpha value is -2.59. The monoisotopic (exact) mass is 353 g/mol. The van der Waals surface area contributed by atoms with Gasteiger partial charge in [0.05, 0.1) is 17.8 Å². The van der Waals surface area contributed by atoms with E-state index < -0.39 is 0 Å². The molecule has 1 amide bonds. The van der Waals surface area contributed by atoms with Gasteiger partial charge in [-0.15, -0.1) is 0 Å². The van der Waals surface area contributed by atoms with E-state index in [9.17, 15) is 4.79 Å². The molecule has 1 aromatic heterocycles. The summed E-state index contributed by atoms with van der Waals surface area (Å²) in [6.45, 7) is 2.72. The van der Waals surface area contributed by atoms with Crippen molar-refractivity contribution in [2.75, 3.05) is 6.54 Å². The summed E-state index contributed by atoms with van der Waals surface area (Å²) in [5, 5.41) is 8.30. The van der Waals surface area contributed by atoms with E-state index in [1.54, 1.807) is 0 Å². The Bertz CT molecular complexity index is 841. The summed E-state index contributed by atoms with van der Waals surface area (Å²) in [6.07, 6.45) is 3.13. The van der Waals surface area contributed by atoms with Gasteiger partial charge in [0.25, 0.3) is 0 Å². The first-order chi connectivity index (χ1) is 12.2. The molecule has 0 saturated carbocycles. The Morgan fingerprint density at radius 2 is 1.84 bits per heavy atom. The highest BCUT2D eigenvalue weighted by atomic mass is 35.5. The average Bonchev–Trinajstić information content (AvgIpc) is 3.05. The molecule has 0 bridgehead atoms. The molecule has 0 aliphatic carbocycles. The second kappa shape index (κ2) is 7.99. The van der Waals surface area contributed by atoms with Crippen molar-refractivity contribution in [1.29, 1.82) is 0 Å². The normalized spacial score (nSPS) is 10.6. The van der Waals surface area contributed by atoms with Crippen LogP contribution in [0, 0.1) is 0 Å². The summed E-state index contributed by atoms with van der Waals surface area (Å²) in [6, 6.07) is 17.4. The van der Waals surface area contributed by atoms with Crippen LogP contribution in [0.1, 0.15) is 18.9 Å². The molecule has 0 unspecified atom stereocenters. The lowest BCUT2D eigenvalue weighted by Crippen LogP contribution is -2.25. The maximum Gasteiger partial charge on any atom is 0.224 e. The molecule has 0 spiro atoms. The van der Waals surface area contributed by atoms with Gasteiger partial charge in [-0.2, -0.15) is 5.10 Å². The van der Waals surface area contributed by atoms with Crippen molar-refractivity contribution in [2.45, 2.75) is 19.8 Å². The summed E-state index contributed by atoms with van der Waals surface area (Å²) in [5.41, 5.74) is 3.59. The lowest BCUT2D eigenvalue weighted by Gasteiger charge is -2.04. The molecule has 1 N–H and O–H groups in total. The van der Waals surface area contributed by atoms with Gasteiger partial charge < -0.3 is 5.32 Å². The van der Waals surface area contributed by atoms with Crippen LogP contribution in [-0.2, 0) is 11.2 Å². The number of para-hydroxylation sites is 1. The van der Waals surface area contributed by atoms with Gasteiger partial charge in [0, 0.05) is 28.9 Å². The Kier molecular flexibility index (Phi) is 5.51. The first-order valence-electron chi connectivity index (χ1n) is 8.34. The Balaban J connectivity index is 1.97. The van der Waals surface area contributed by atoms with Crippen LogP contribution in [0.2, 0.25) is 5.02 Å². The first-order valence-corrected chi connectivity index (χ1v) is 8.71. The number of aromatic nitrogens is 2. The van der Waals surface area contributed by atoms with Gasteiger partial charge >= 0.3 is 0 Å². The van der Waals surface area contributed by atoms with Gasteiger partial charge in [0.1, 0.15) is 0 Å². The number of nitrogens with one attached hydrogen (secondary N) is 1. The molecule has 0 saturated heterocycles. The van der Waals surface area contributed by atoms with Crippen LogP contribution in [-0.4, -0.2) is 22.2 Å². The molecule has 4 nitrogen and oxygen atoms in total. The summed E-state index contributed by atoms with van der Waals surface area (Å²) >= 11 is 5.99. The number of nitrogens with zero attached hydrogens (tertiary/aromatic N) is 2. The topological polar surface area (TPSA) is 46.9 Å². The zero-order valence-corrected chi connectivity index (χ0v) is 14.8. The fraction of sp³-hybridized carbons (Fsp3) is 0.200. The maximum atomic E-state index is 12.2. The summed E-state index contributed by atoms with van der Waals surface area (Å²) < 4.78 is 1.81. The van der Waals surface area contributed by atoms with Crippen molar-refractivity contribution in [1.82, 2.24) is 15.1 Å². The van der Waals surface area contributed by atoms with Gasteiger partial charge in [0.15, 0.2) is 0 Å². The minimum Gasteiger partial charge on any atom is -0.356 e. The van der Waals surface area contributed by atoms with Crippen LogP contribution in [0.25, 0.3) is 16.9 Å². The van der Waals surface area contributed by atoms with E-state index >= 15 is 0 Å². The van der Waals surface area contributed by atoms with Gasteiger partial charge in [-0.1, -0.05) is 48.9 Å². The largest absolute Gasteiger partial charge is 0.356 e. The fourth-order valence-corrected chi connectivity index (χ4v) is 2.73. The van der Waals surface area contributed by atoms with Crippen LogP contribution in [0.5, 0.6) is 0 Å². The van der Waals surface area contributed by atoms with Crippen molar-refractivity contribution >= 4 is 17.5 Å². The van der Waals surface area contributed by atoms with Crippen molar-refractivity contribution in [3.05, 3.63) is 71.4 Å². The lowest BCUT2D eigenvalue weighted by atomic mass is 10.1. The first kappa shape index (κ1) is 17.2. The van der Waals surface area contributed by atoms with Crippen molar-refractivity contribution in [3.8, 4) is 16.9 Å². The fourth-order valence-electron chi connectivity index (χ4n) is 2.60. The van der Waals surface area contributed by atoms with Crippen LogP contribution in [0.15, 0.2) is 60.8 Å². The average molecular weight is 354 g/mol. The molecule has 0 aliphatic rings. The molecule has 0 aliphatic heterocycles. The molecular weight excluding hydrogens is 334 g/mol. The number of carbonyl (C=O) groups is 1. The highest BCUT2D eigenvalue weighted by Crippen LogP contribution is 2.25. The number of halogens is 1. The van der Waals surface area contributed by atoms with E-state index in [4.69, 9.17) is 16.7 Å². The predicted octanol–water partition coefficient (Wildman–Crippen LogP) is 4.26. The molecule has 0 radical (unpaired) electrons. The van der Waals surface area contributed by atoms with E-state index in [1.165, 1.54) is 0 Å². The smallest absolute Gasteiger partial charge is 0.224 e. The Morgan fingerprint density at radius 1 is 1.12 bits per heavy atom. The van der Waals surface area contributed by atoms with Gasteiger partial charge in [-0.05, 0) is 30.7 Å². The van der Waals surface area contributed by atoms with Crippen LogP contribution < -0.4 is 5.32 Å². The number of rotatable bonds is 6. The molecule has 25 heavy (non-hydrogen) atoms. The zero-order valence-electron chi connectivity index (χ0n) is 14.1. The molecule has 0 fully saturated rings. The number of carbonyl (C=O) groups excluding carboxylic acids is 1. The minimum atomic E-state index is 0.00433. The standard InChI is InChI=1S/C20H20ClN3O/c1-2-12-22-19(25)13-16-14-24(18-6-4-3-5-7-18)23-20(16)15-8-10-17(21)11-9-15/h3-11,14H,2,12-13H2,1H3,(H,22,25). The van der Waals surface area contributed by atoms with E-state index in [-0.39, 0.29) is 5.91 Å². The minimum absolute atomic E-state index is 0.00433. The van der Waals surface area contributed by atoms with Crippen molar-refractivity contribution < 1.29 is 4.79 Å². The molecule has 0 atom stereocenters. The number of amides is 1. The SMILES string of the molecule is CCCNC(=O)Cc1cn(-c2ccccc2)nc1-c1ccc(Cl)cc1. The number of hydrogen-bond acceptors (Lipinski definition) is 2. The summed E-state index contributed by atoms with van der Waals surface area (Å²) in [4.78, 5) is 12.2. The van der Waals surface area contributed by atoms with Crippen LogP contribution in [0.4, 0.5) is 0 Å². The third-order valence-corrected chi connectivity index (χ3v) is 4.10. The molecule has 1 heterocycles. The van der Waals surface area contributed by atoms with Crippen molar-refractivity contribution in [3.63, 3.8) is 0 Å². The molecular formula is C20H20ClN3O. The third-order valence-electron chi connectivity index (χ3n) is 3.85. The molecule has 2 aromatic carbocycles. The van der Waals surface area contributed by atoms with E-state index in [2.05, 4.69) is 5.32 Å².